The maximum absolute atomic E-state index is 4.61. The van der Waals surface area contributed by atoms with Crippen LogP contribution < -0.4 is 5.32 Å². The topological polar surface area (TPSA) is 29.9 Å². The summed E-state index contributed by atoms with van der Waals surface area (Å²) < 4.78 is 2.02. The monoisotopic (exact) mass is 241 g/mol. The van der Waals surface area contributed by atoms with Gasteiger partial charge in [-0.1, -0.05) is 30.3 Å². The molecule has 1 N–H and O–H groups in total. The molecule has 0 amide bonds. The number of nitrogens with one attached hydrogen (secondary N) is 1. The molecule has 2 aromatic rings. The first-order chi connectivity index (χ1) is 8.83. The Morgan fingerprint density at radius 2 is 2.17 bits per heavy atom. The first-order valence-electron chi connectivity index (χ1n) is 6.64. The molecule has 1 fully saturated rings. The average molecular weight is 241 g/mol. The Morgan fingerprint density at radius 1 is 1.33 bits per heavy atom. The van der Waals surface area contributed by atoms with Crippen LogP contribution in [-0.4, -0.2) is 22.4 Å². The molecular formula is C15H19N3. The fourth-order valence-electron chi connectivity index (χ4n) is 2.63. The molecule has 3 nitrogen and oxygen atoms in total. The third kappa shape index (κ3) is 2.31. The molecule has 1 aromatic carbocycles. The van der Waals surface area contributed by atoms with E-state index in [2.05, 4.69) is 40.7 Å². The van der Waals surface area contributed by atoms with Gasteiger partial charge in [-0.05, 0) is 25.5 Å². The van der Waals surface area contributed by atoms with Crippen molar-refractivity contribution in [3.8, 4) is 11.3 Å². The van der Waals surface area contributed by atoms with Crippen LogP contribution in [-0.2, 0) is 13.5 Å². The van der Waals surface area contributed by atoms with Gasteiger partial charge in [0.05, 0.1) is 5.69 Å². The Bertz CT molecular complexity index is 510. The van der Waals surface area contributed by atoms with Gasteiger partial charge in [0.2, 0.25) is 0 Å². The molecular weight excluding hydrogens is 222 g/mol. The highest BCUT2D eigenvalue weighted by Gasteiger charge is 2.17. The van der Waals surface area contributed by atoms with Crippen LogP contribution in [0.5, 0.6) is 0 Å². The lowest BCUT2D eigenvalue weighted by atomic mass is 10.1. The van der Waals surface area contributed by atoms with Crippen LogP contribution in [0.1, 0.15) is 18.5 Å². The van der Waals surface area contributed by atoms with E-state index < -0.39 is 0 Å². The minimum atomic E-state index is 0.629. The SMILES string of the molecule is Cn1nc(-c2ccccc2)cc1CC1CCCN1. The van der Waals surface area contributed by atoms with Crippen LogP contribution in [0.2, 0.25) is 0 Å². The predicted octanol–water partition coefficient (Wildman–Crippen LogP) is 2.38. The maximum atomic E-state index is 4.61. The van der Waals surface area contributed by atoms with Crippen LogP contribution >= 0.6 is 0 Å². The molecule has 18 heavy (non-hydrogen) atoms. The van der Waals surface area contributed by atoms with E-state index in [4.69, 9.17) is 0 Å². The third-order valence-corrected chi connectivity index (χ3v) is 3.66. The third-order valence-electron chi connectivity index (χ3n) is 3.66. The van der Waals surface area contributed by atoms with Crippen molar-refractivity contribution < 1.29 is 0 Å². The Hall–Kier alpha value is -1.61. The molecule has 2 heterocycles. The van der Waals surface area contributed by atoms with Crippen LogP contribution in [0.3, 0.4) is 0 Å². The standard InChI is InChI=1S/C15H19N3/c1-18-14(10-13-8-5-9-16-13)11-15(17-18)12-6-3-2-4-7-12/h2-4,6-7,11,13,16H,5,8-10H2,1H3. The zero-order chi connectivity index (χ0) is 12.4. The van der Waals surface area contributed by atoms with Crippen molar-refractivity contribution in [2.24, 2.45) is 7.05 Å². The quantitative estimate of drug-likeness (QED) is 0.894. The molecule has 1 aliphatic rings. The van der Waals surface area contributed by atoms with Gasteiger partial charge in [-0.15, -0.1) is 0 Å². The van der Waals surface area contributed by atoms with Crippen molar-refractivity contribution in [1.29, 1.82) is 0 Å². The molecule has 0 aliphatic carbocycles. The largest absolute Gasteiger partial charge is 0.314 e. The highest BCUT2D eigenvalue weighted by atomic mass is 15.3. The Morgan fingerprint density at radius 3 is 2.89 bits per heavy atom. The molecule has 1 atom stereocenters. The summed E-state index contributed by atoms with van der Waals surface area (Å²) in [5.74, 6) is 0. The second kappa shape index (κ2) is 4.94. The second-order valence-corrected chi connectivity index (χ2v) is 5.01. The van der Waals surface area contributed by atoms with Gasteiger partial charge in [-0.25, -0.2) is 0 Å². The van der Waals surface area contributed by atoms with Gasteiger partial charge in [0.15, 0.2) is 0 Å². The molecule has 0 bridgehead atoms. The normalized spacial score (nSPS) is 19.3. The number of hydrogen-bond acceptors (Lipinski definition) is 2. The maximum Gasteiger partial charge on any atom is 0.0925 e. The molecule has 3 heteroatoms. The molecule has 0 radical (unpaired) electrons. The van der Waals surface area contributed by atoms with E-state index in [0.717, 1.165) is 18.7 Å². The molecule has 1 saturated heterocycles. The molecule has 3 rings (SSSR count). The Labute approximate surface area is 108 Å². The number of aromatic nitrogens is 2. The van der Waals surface area contributed by atoms with Crippen molar-refractivity contribution in [1.82, 2.24) is 15.1 Å². The molecule has 1 unspecified atom stereocenters. The van der Waals surface area contributed by atoms with Crippen LogP contribution in [0.4, 0.5) is 0 Å². The molecule has 94 valence electrons. The zero-order valence-corrected chi connectivity index (χ0v) is 10.8. The van der Waals surface area contributed by atoms with E-state index in [1.807, 2.05) is 17.8 Å². The molecule has 1 aromatic heterocycles. The minimum Gasteiger partial charge on any atom is -0.314 e. The van der Waals surface area contributed by atoms with Crippen LogP contribution in [0, 0.1) is 0 Å². The van der Waals surface area contributed by atoms with Crippen molar-refractivity contribution in [2.75, 3.05) is 6.54 Å². The first kappa shape index (κ1) is 11.5. The van der Waals surface area contributed by atoms with E-state index >= 15 is 0 Å². The molecule has 1 aliphatic heterocycles. The van der Waals surface area contributed by atoms with Gasteiger partial charge in [-0.3, -0.25) is 4.68 Å². The summed E-state index contributed by atoms with van der Waals surface area (Å²) in [6.07, 6.45) is 3.66. The average Bonchev–Trinajstić information content (AvgIpc) is 3.02. The van der Waals surface area contributed by atoms with Crippen LogP contribution in [0.25, 0.3) is 11.3 Å². The van der Waals surface area contributed by atoms with E-state index in [1.165, 1.54) is 24.1 Å². The number of rotatable bonds is 3. The Balaban J connectivity index is 1.82. The minimum absolute atomic E-state index is 0.629. The second-order valence-electron chi connectivity index (χ2n) is 5.01. The molecule has 0 spiro atoms. The lowest BCUT2D eigenvalue weighted by molar-refractivity contribution is 0.571. The van der Waals surface area contributed by atoms with E-state index in [0.29, 0.717) is 6.04 Å². The van der Waals surface area contributed by atoms with E-state index in [-0.39, 0.29) is 0 Å². The van der Waals surface area contributed by atoms with Gasteiger partial charge < -0.3 is 5.32 Å². The van der Waals surface area contributed by atoms with Crippen molar-refractivity contribution in [3.05, 3.63) is 42.1 Å². The van der Waals surface area contributed by atoms with Crippen molar-refractivity contribution in [2.45, 2.75) is 25.3 Å². The van der Waals surface area contributed by atoms with E-state index in [1.54, 1.807) is 0 Å². The van der Waals surface area contributed by atoms with Gasteiger partial charge in [0.1, 0.15) is 0 Å². The highest BCUT2D eigenvalue weighted by molar-refractivity contribution is 5.59. The van der Waals surface area contributed by atoms with Gasteiger partial charge in [0, 0.05) is 30.8 Å². The van der Waals surface area contributed by atoms with Gasteiger partial charge >= 0.3 is 0 Å². The van der Waals surface area contributed by atoms with Gasteiger partial charge in [0.25, 0.3) is 0 Å². The first-order valence-corrected chi connectivity index (χ1v) is 6.64. The summed E-state index contributed by atoms with van der Waals surface area (Å²) in [6, 6.07) is 13.2. The summed E-state index contributed by atoms with van der Waals surface area (Å²) in [5.41, 5.74) is 3.58. The summed E-state index contributed by atoms with van der Waals surface area (Å²) in [5, 5.41) is 8.15. The number of benzene rings is 1. The Kier molecular flexibility index (Phi) is 3.15. The zero-order valence-electron chi connectivity index (χ0n) is 10.8. The smallest absolute Gasteiger partial charge is 0.0925 e. The van der Waals surface area contributed by atoms with Gasteiger partial charge in [-0.2, -0.15) is 5.10 Å². The fourth-order valence-corrected chi connectivity index (χ4v) is 2.63. The predicted molar refractivity (Wildman–Crippen MR) is 73.4 cm³/mol. The highest BCUT2D eigenvalue weighted by Crippen LogP contribution is 2.20. The van der Waals surface area contributed by atoms with Crippen LogP contribution in [0.15, 0.2) is 36.4 Å². The number of hydrogen-bond donors (Lipinski definition) is 1. The lowest BCUT2D eigenvalue weighted by Crippen LogP contribution is -2.24. The number of nitrogens with zero attached hydrogens (tertiary/aromatic N) is 2. The fraction of sp³-hybridized carbons (Fsp3) is 0.400. The van der Waals surface area contributed by atoms with Crippen molar-refractivity contribution >= 4 is 0 Å². The number of aryl methyl sites for hydroxylation is 1. The molecule has 0 saturated carbocycles. The summed E-state index contributed by atoms with van der Waals surface area (Å²) in [7, 11) is 2.04. The van der Waals surface area contributed by atoms with Crippen molar-refractivity contribution in [3.63, 3.8) is 0 Å². The summed E-state index contributed by atoms with van der Waals surface area (Å²) in [4.78, 5) is 0. The summed E-state index contributed by atoms with van der Waals surface area (Å²) >= 11 is 0. The lowest BCUT2D eigenvalue weighted by Gasteiger charge is -2.09. The summed E-state index contributed by atoms with van der Waals surface area (Å²) in [6.45, 7) is 1.16. The van der Waals surface area contributed by atoms with E-state index in [9.17, 15) is 0 Å².